The first kappa shape index (κ1) is 79.1. The number of rotatable bonds is 61. The Hall–Kier alpha value is -1.01. The van der Waals surface area contributed by atoms with Crippen molar-refractivity contribution in [3.8, 4) is 0 Å². The average Bonchev–Trinajstić information content (AvgIpc) is 3.61. The molecule has 1 amide bonds. The third-order valence-corrected chi connectivity index (χ3v) is 18.3. The van der Waals surface area contributed by atoms with E-state index < -0.39 is 86.8 Å². The van der Waals surface area contributed by atoms with Crippen LogP contribution in [0.5, 0.6) is 0 Å². The third kappa shape index (κ3) is 39.9. The minimum atomic E-state index is -1.78. The molecule has 2 aliphatic rings. The predicted molar refractivity (Wildman–Crippen MR) is 342 cm³/mol. The van der Waals surface area contributed by atoms with Gasteiger partial charge in [0.25, 0.3) is 0 Å². The summed E-state index contributed by atoms with van der Waals surface area (Å²) in [6.07, 6.45) is 49.9. The van der Waals surface area contributed by atoms with Crippen molar-refractivity contribution in [1.82, 2.24) is 5.32 Å². The summed E-state index contributed by atoms with van der Waals surface area (Å²) in [7, 11) is 0. The van der Waals surface area contributed by atoms with E-state index in [9.17, 15) is 45.6 Å². The van der Waals surface area contributed by atoms with E-state index in [2.05, 4.69) is 19.2 Å². The average molecular weight is 1200 g/mol. The highest BCUT2D eigenvalue weighted by molar-refractivity contribution is 5.76. The standard InChI is InChI=1S/C70H137NO13/c1-3-5-7-9-11-13-15-17-19-21-22-23-24-25-26-27-28-29-30-31-32-33-34-35-36-38-39-41-43-45-47-49-51-53-59(74)58(71-62(75)54-52-50-48-46-44-42-40-37-20-18-16-14-12-10-8-6-4-2)57-81-69-67(80)65(78)68(61(56-73)83-69)84-70-66(79)64(77)63(76)60(55-72)82-70/h58-61,63-70,72-74,76-80H,3-57H2,1-2H3,(H,71,75). The first-order chi connectivity index (χ1) is 41.1. The van der Waals surface area contributed by atoms with Crippen molar-refractivity contribution in [2.45, 2.75) is 421 Å². The summed E-state index contributed by atoms with van der Waals surface area (Å²) in [5.74, 6) is -0.198. The molecule has 2 heterocycles. The van der Waals surface area contributed by atoms with E-state index in [1.165, 1.54) is 270 Å². The summed E-state index contributed by atoms with van der Waals surface area (Å²) < 4.78 is 22.9. The van der Waals surface area contributed by atoms with Crippen LogP contribution < -0.4 is 5.32 Å². The summed E-state index contributed by atoms with van der Waals surface area (Å²) >= 11 is 0. The lowest BCUT2D eigenvalue weighted by Gasteiger charge is -2.46. The van der Waals surface area contributed by atoms with Crippen LogP contribution in [-0.4, -0.2) is 140 Å². The second-order valence-corrected chi connectivity index (χ2v) is 26.1. The molecule has 2 fully saturated rings. The first-order valence-corrected chi connectivity index (χ1v) is 36.3. The van der Waals surface area contributed by atoms with Gasteiger partial charge in [-0.1, -0.05) is 328 Å². The van der Waals surface area contributed by atoms with Crippen molar-refractivity contribution in [3.63, 3.8) is 0 Å². The van der Waals surface area contributed by atoms with Crippen molar-refractivity contribution >= 4 is 5.91 Å². The zero-order valence-electron chi connectivity index (χ0n) is 54.4. The molecule has 14 nitrogen and oxygen atoms in total. The van der Waals surface area contributed by atoms with E-state index in [1.54, 1.807) is 0 Å². The molecule has 12 atom stereocenters. The van der Waals surface area contributed by atoms with Gasteiger partial charge in [0.2, 0.25) is 5.91 Å². The number of hydrogen-bond donors (Lipinski definition) is 9. The van der Waals surface area contributed by atoms with Crippen LogP contribution in [0.1, 0.15) is 348 Å². The molecule has 0 aliphatic carbocycles. The molecular weight excluding hydrogens is 1060 g/mol. The lowest BCUT2D eigenvalue weighted by molar-refractivity contribution is -0.359. The number of unbranched alkanes of at least 4 members (excludes halogenated alkanes) is 48. The van der Waals surface area contributed by atoms with Gasteiger partial charge in [0.1, 0.15) is 48.8 Å². The summed E-state index contributed by atoms with van der Waals surface area (Å²) in [5, 5.41) is 87.6. The topological polar surface area (TPSA) is 228 Å². The van der Waals surface area contributed by atoms with Crippen LogP contribution in [0.2, 0.25) is 0 Å². The molecular formula is C70H137NO13. The second kappa shape index (κ2) is 56.0. The molecule has 0 saturated carbocycles. The van der Waals surface area contributed by atoms with Crippen LogP contribution in [-0.2, 0) is 23.7 Å². The van der Waals surface area contributed by atoms with Gasteiger partial charge in [-0.25, -0.2) is 0 Å². The number of carbonyl (C=O) groups excluding carboxylic acids is 1. The number of carbonyl (C=O) groups is 1. The molecule has 2 aliphatic heterocycles. The van der Waals surface area contributed by atoms with Gasteiger partial charge in [-0.15, -0.1) is 0 Å². The molecule has 2 saturated heterocycles. The molecule has 9 N–H and O–H groups in total. The molecule has 0 aromatic heterocycles. The largest absolute Gasteiger partial charge is 0.394 e. The molecule has 14 heteroatoms. The monoisotopic (exact) mass is 1200 g/mol. The van der Waals surface area contributed by atoms with Crippen LogP contribution in [0.15, 0.2) is 0 Å². The van der Waals surface area contributed by atoms with Crippen LogP contribution >= 0.6 is 0 Å². The third-order valence-electron chi connectivity index (χ3n) is 18.3. The molecule has 0 aromatic rings. The van der Waals surface area contributed by atoms with E-state index in [-0.39, 0.29) is 12.5 Å². The van der Waals surface area contributed by atoms with Gasteiger partial charge in [0.15, 0.2) is 12.6 Å². The van der Waals surface area contributed by atoms with Crippen LogP contribution in [0, 0.1) is 0 Å². The van der Waals surface area contributed by atoms with Gasteiger partial charge >= 0.3 is 0 Å². The number of hydrogen-bond acceptors (Lipinski definition) is 13. The highest BCUT2D eigenvalue weighted by Crippen LogP contribution is 2.30. The summed E-state index contributed by atoms with van der Waals surface area (Å²) in [6, 6.07) is -0.824. The van der Waals surface area contributed by atoms with Crippen LogP contribution in [0.25, 0.3) is 0 Å². The highest BCUT2D eigenvalue weighted by Gasteiger charge is 2.51. The van der Waals surface area contributed by atoms with Crippen molar-refractivity contribution in [2.24, 2.45) is 0 Å². The Morgan fingerprint density at radius 1 is 0.381 bits per heavy atom. The van der Waals surface area contributed by atoms with E-state index in [4.69, 9.17) is 18.9 Å². The fraction of sp³-hybridized carbons (Fsp3) is 0.986. The Morgan fingerprint density at radius 2 is 0.679 bits per heavy atom. The molecule has 0 bridgehead atoms. The van der Waals surface area contributed by atoms with Gasteiger partial charge in [-0.3, -0.25) is 4.79 Å². The Morgan fingerprint density at radius 3 is 1.01 bits per heavy atom. The van der Waals surface area contributed by atoms with Gasteiger partial charge in [0, 0.05) is 6.42 Å². The van der Waals surface area contributed by atoms with Crippen molar-refractivity contribution in [1.29, 1.82) is 0 Å². The fourth-order valence-electron chi connectivity index (χ4n) is 12.5. The zero-order chi connectivity index (χ0) is 60.9. The quantitative estimate of drug-likeness (QED) is 0.0259. The summed E-state index contributed by atoms with van der Waals surface area (Å²) in [5.41, 5.74) is 0. The van der Waals surface area contributed by atoms with Gasteiger partial charge in [-0.05, 0) is 12.8 Å². The maximum absolute atomic E-state index is 13.3. The minimum absolute atomic E-state index is 0.198. The predicted octanol–water partition coefficient (Wildman–Crippen LogP) is 14.8. The Kier molecular flexibility index (Phi) is 52.7. The highest BCUT2D eigenvalue weighted by atomic mass is 16.7. The summed E-state index contributed by atoms with van der Waals surface area (Å²) in [4.78, 5) is 13.3. The molecule has 0 aromatic carbocycles. The molecule has 2 rings (SSSR count). The van der Waals surface area contributed by atoms with E-state index >= 15 is 0 Å². The van der Waals surface area contributed by atoms with E-state index in [0.29, 0.717) is 12.8 Å². The van der Waals surface area contributed by atoms with Crippen molar-refractivity contribution in [2.75, 3.05) is 19.8 Å². The molecule has 500 valence electrons. The van der Waals surface area contributed by atoms with Gasteiger partial charge < -0.3 is 65.1 Å². The number of aliphatic hydroxyl groups is 8. The Labute approximate surface area is 514 Å². The number of amides is 1. The smallest absolute Gasteiger partial charge is 0.220 e. The Bertz CT molecular complexity index is 1410. The molecule has 0 spiro atoms. The molecule has 12 unspecified atom stereocenters. The first-order valence-electron chi connectivity index (χ1n) is 36.3. The maximum Gasteiger partial charge on any atom is 0.220 e. The molecule has 84 heavy (non-hydrogen) atoms. The second-order valence-electron chi connectivity index (χ2n) is 26.1. The minimum Gasteiger partial charge on any atom is -0.394 e. The van der Waals surface area contributed by atoms with E-state index in [0.717, 1.165) is 51.4 Å². The van der Waals surface area contributed by atoms with Gasteiger partial charge in [-0.2, -0.15) is 0 Å². The Balaban J connectivity index is 1.61. The molecule has 0 radical (unpaired) electrons. The van der Waals surface area contributed by atoms with Crippen LogP contribution in [0.3, 0.4) is 0 Å². The fourth-order valence-corrected chi connectivity index (χ4v) is 12.5. The number of aliphatic hydroxyl groups excluding tert-OH is 8. The number of ether oxygens (including phenoxy) is 4. The SMILES string of the molecule is CCCCCCCCCCCCCCCCCCCCCCCCCCCCCCCCCCCC(O)C(COC1OC(CO)C(OC2OC(CO)C(O)C(O)C2O)C(O)C1O)NC(=O)CCCCCCCCCCCCCCCCCCC. The maximum atomic E-state index is 13.3. The lowest BCUT2D eigenvalue weighted by atomic mass is 9.97. The van der Waals surface area contributed by atoms with Crippen molar-refractivity contribution in [3.05, 3.63) is 0 Å². The zero-order valence-corrected chi connectivity index (χ0v) is 54.4. The normalized spacial score (nSPS) is 23.5. The number of nitrogens with one attached hydrogen (secondary N) is 1. The van der Waals surface area contributed by atoms with Crippen LogP contribution in [0.4, 0.5) is 0 Å². The van der Waals surface area contributed by atoms with Gasteiger partial charge in [0.05, 0.1) is 32.0 Å². The van der Waals surface area contributed by atoms with E-state index in [1.807, 2.05) is 0 Å². The van der Waals surface area contributed by atoms with Crippen molar-refractivity contribution < 1.29 is 64.6 Å². The lowest BCUT2D eigenvalue weighted by Crippen LogP contribution is -2.65. The summed E-state index contributed by atoms with van der Waals surface area (Å²) in [6.45, 7) is 2.92.